The largest absolute Gasteiger partial charge is 0.467 e. The highest BCUT2D eigenvalue weighted by atomic mass is 32.1. The fraction of sp³-hybridized carbons (Fsp3) is 0.438. The Morgan fingerprint density at radius 1 is 1.07 bits per heavy atom. The van der Waals surface area contributed by atoms with Crippen molar-refractivity contribution in [1.29, 1.82) is 0 Å². The topological polar surface area (TPSA) is 54.8 Å². The van der Waals surface area contributed by atoms with Gasteiger partial charge in [0.05, 0.1) is 12.6 Å². The van der Waals surface area contributed by atoms with E-state index >= 15 is 0 Å². The van der Waals surface area contributed by atoms with Crippen molar-refractivity contribution in [3.05, 3.63) is 75.1 Å². The molecule has 5 rings (SSSR count). The molecule has 40 heavy (non-hydrogen) atoms. The van der Waals surface area contributed by atoms with E-state index in [0.29, 0.717) is 18.4 Å². The third kappa shape index (κ3) is 5.79. The minimum absolute atomic E-state index is 0.105. The molecule has 8 heteroatoms. The minimum Gasteiger partial charge on any atom is -0.467 e. The number of methoxy groups -OCH3 is 1. The van der Waals surface area contributed by atoms with Gasteiger partial charge < -0.3 is 9.64 Å². The normalized spacial score (nSPS) is 15.2. The lowest BCUT2D eigenvalue weighted by Gasteiger charge is -2.36. The number of aryl methyl sites for hydroxylation is 1. The summed E-state index contributed by atoms with van der Waals surface area (Å²) in [7, 11) is 1.39. The summed E-state index contributed by atoms with van der Waals surface area (Å²) in [6, 6.07) is 13.0. The van der Waals surface area contributed by atoms with Crippen LogP contribution in [-0.4, -0.2) is 55.3 Å². The molecule has 0 radical (unpaired) electrons. The standard InChI is InChI=1S/C32H38FN3O3S/c1-4-6-7-27(32(38)39-3)36-28-18-22(8-9-24(28)19-23(5-2)31(36)37)10-12-34-13-15-35(16-14-34)29-20-25(33)21-30-26(29)11-17-40-30/h8-9,11,17-21,27H,4-7,10,12-16H2,1-3H3. The van der Waals surface area contributed by atoms with Gasteiger partial charge in [0, 0.05) is 54.1 Å². The van der Waals surface area contributed by atoms with E-state index in [0.717, 1.165) is 84.2 Å². The van der Waals surface area contributed by atoms with Crippen molar-refractivity contribution in [2.75, 3.05) is 44.7 Å². The number of halogens is 1. The second-order valence-corrected chi connectivity index (χ2v) is 11.6. The molecule has 1 aliphatic rings. The highest BCUT2D eigenvalue weighted by Gasteiger charge is 2.25. The molecular weight excluding hydrogens is 525 g/mol. The minimum atomic E-state index is -0.632. The molecule has 0 saturated carbocycles. The second-order valence-electron chi connectivity index (χ2n) is 10.6. The molecule has 3 heterocycles. The van der Waals surface area contributed by atoms with Gasteiger partial charge in [-0.3, -0.25) is 14.3 Å². The van der Waals surface area contributed by atoms with E-state index in [2.05, 4.69) is 41.0 Å². The van der Waals surface area contributed by atoms with Gasteiger partial charge in [-0.15, -0.1) is 11.3 Å². The van der Waals surface area contributed by atoms with Crippen molar-refractivity contribution in [2.45, 2.75) is 52.0 Å². The number of rotatable bonds is 10. The number of fused-ring (bicyclic) bond motifs is 2. The number of nitrogens with zero attached hydrogens (tertiary/aromatic N) is 3. The molecule has 0 bridgehead atoms. The number of unbranched alkanes of at least 4 members (excludes halogenated alkanes) is 1. The summed E-state index contributed by atoms with van der Waals surface area (Å²) in [5.41, 5.74) is 3.52. The van der Waals surface area contributed by atoms with E-state index < -0.39 is 6.04 Å². The van der Waals surface area contributed by atoms with E-state index in [9.17, 15) is 14.0 Å². The molecule has 1 unspecified atom stereocenters. The Kier molecular flexibility index (Phi) is 8.86. The Morgan fingerprint density at radius 3 is 2.60 bits per heavy atom. The van der Waals surface area contributed by atoms with Crippen LogP contribution in [0.1, 0.15) is 50.3 Å². The Balaban J connectivity index is 1.33. The fourth-order valence-electron chi connectivity index (χ4n) is 5.82. The average molecular weight is 564 g/mol. The SMILES string of the molecule is CCCCC(C(=O)OC)n1c(=O)c(CC)cc2ccc(CCN3CCN(c4cc(F)cc5sccc45)CC3)cc21. The molecule has 1 atom stereocenters. The van der Waals surface area contributed by atoms with E-state index in [4.69, 9.17) is 4.74 Å². The molecule has 212 valence electrons. The van der Waals surface area contributed by atoms with Gasteiger partial charge in [0.15, 0.2) is 0 Å². The summed E-state index contributed by atoms with van der Waals surface area (Å²) in [5, 5.41) is 4.11. The quantitative estimate of drug-likeness (QED) is 0.216. The predicted molar refractivity (Wildman–Crippen MR) is 162 cm³/mol. The number of piperazine rings is 1. The molecule has 2 aromatic carbocycles. The monoisotopic (exact) mass is 563 g/mol. The zero-order chi connectivity index (χ0) is 28.2. The number of carbonyl (C=O) groups excluding carboxylic acids is 1. The molecule has 2 aromatic heterocycles. The number of hydrogen-bond acceptors (Lipinski definition) is 6. The zero-order valence-electron chi connectivity index (χ0n) is 23.6. The van der Waals surface area contributed by atoms with Crippen LogP contribution in [0.3, 0.4) is 0 Å². The lowest BCUT2D eigenvalue weighted by atomic mass is 10.0. The molecule has 1 aliphatic heterocycles. The first kappa shape index (κ1) is 28.3. The van der Waals surface area contributed by atoms with Crippen LogP contribution in [0.15, 0.2) is 52.6 Å². The molecule has 1 fully saturated rings. The van der Waals surface area contributed by atoms with Gasteiger partial charge in [-0.2, -0.15) is 0 Å². The number of hydrogen-bond donors (Lipinski definition) is 0. The van der Waals surface area contributed by atoms with Gasteiger partial charge in [-0.1, -0.05) is 38.8 Å². The van der Waals surface area contributed by atoms with Gasteiger partial charge in [0.2, 0.25) is 0 Å². The number of benzene rings is 2. The highest BCUT2D eigenvalue weighted by Crippen LogP contribution is 2.32. The van der Waals surface area contributed by atoms with Crippen LogP contribution in [0, 0.1) is 5.82 Å². The Bertz CT molecular complexity index is 1550. The van der Waals surface area contributed by atoms with Gasteiger partial charge in [-0.05, 0) is 65.9 Å². The maximum atomic E-state index is 14.2. The number of aromatic nitrogens is 1. The number of esters is 1. The Morgan fingerprint density at radius 2 is 1.88 bits per heavy atom. The van der Waals surface area contributed by atoms with Crippen molar-refractivity contribution in [3.63, 3.8) is 0 Å². The first-order valence-electron chi connectivity index (χ1n) is 14.3. The maximum Gasteiger partial charge on any atom is 0.328 e. The van der Waals surface area contributed by atoms with Gasteiger partial charge in [0.25, 0.3) is 5.56 Å². The Labute approximate surface area is 239 Å². The fourth-order valence-corrected chi connectivity index (χ4v) is 6.65. The van der Waals surface area contributed by atoms with Crippen LogP contribution in [0.2, 0.25) is 0 Å². The third-order valence-corrected chi connectivity index (χ3v) is 8.98. The summed E-state index contributed by atoms with van der Waals surface area (Å²) >= 11 is 1.57. The third-order valence-electron chi connectivity index (χ3n) is 8.12. The van der Waals surface area contributed by atoms with Crippen LogP contribution < -0.4 is 10.5 Å². The molecule has 0 N–H and O–H groups in total. The Hall–Kier alpha value is -3.23. The number of anilines is 1. The van der Waals surface area contributed by atoms with Gasteiger partial charge in [-0.25, -0.2) is 9.18 Å². The number of pyridine rings is 1. The number of carbonyl (C=O) groups is 1. The molecule has 0 amide bonds. The van der Waals surface area contributed by atoms with Gasteiger partial charge in [0.1, 0.15) is 11.9 Å². The molecule has 1 saturated heterocycles. The molecule has 6 nitrogen and oxygen atoms in total. The van der Waals surface area contributed by atoms with Crippen LogP contribution >= 0.6 is 11.3 Å². The van der Waals surface area contributed by atoms with Crippen LogP contribution in [0.25, 0.3) is 21.0 Å². The average Bonchev–Trinajstić information content (AvgIpc) is 3.45. The van der Waals surface area contributed by atoms with Gasteiger partial charge >= 0.3 is 5.97 Å². The summed E-state index contributed by atoms with van der Waals surface area (Å²) in [5.74, 6) is -0.552. The van der Waals surface area contributed by atoms with E-state index in [1.54, 1.807) is 28.0 Å². The maximum absolute atomic E-state index is 14.2. The predicted octanol–water partition coefficient (Wildman–Crippen LogP) is 6.19. The highest BCUT2D eigenvalue weighted by molar-refractivity contribution is 7.17. The van der Waals surface area contributed by atoms with E-state index in [1.165, 1.54) is 7.11 Å². The van der Waals surface area contributed by atoms with Crippen LogP contribution in [0.5, 0.6) is 0 Å². The number of ether oxygens (including phenoxy) is 1. The molecular formula is C32H38FN3O3S. The summed E-state index contributed by atoms with van der Waals surface area (Å²) in [6.07, 6.45) is 3.79. The smallest absolute Gasteiger partial charge is 0.328 e. The van der Waals surface area contributed by atoms with Crippen LogP contribution in [-0.2, 0) is 22.4 Å². The van der Waals surface area contributed by atoms with Crippen molar-refractivity contribution < 1.29 is 13.9 Å². The van der Waals surface area contributed by atoms with Crippen LogP contribution in [0.4, 0.5) is 10.1 Å². The van der Waals surface area contributed by atoms with Crippen molar-refractivity contribution in [2.24, 2.45) is 0 Å². The number of thiophene rings is 1. The summed E-state index contributed by atoms with van der Waals surface area (Å²) < 4.78 is 22.0. The van der Waals surface area contributed by atoms with E-state index in [1.807, 2.05) is 18.4 Å². The lowest BCUT2D eigenvalue weighted by molar-refractivity contribution is -0.144. The summed E-state index contributed by atoms with van der Waals surface area (Å²) in [4.78, 5) is 31.1. The van der Waals surface area contributed by atoms with E-state index in [-0.39, 0.29) is 17.3 Å². The first-order valence-corrected chi connectivity index (χ1v) is 15.2. The van der Waals surface area contributed by atoms with Crippen molar-refractivity contribution in [3.8, 4) is 0 Å². The van der Waals surface area contributed by atoms with Crippen molar-refractivity contribution >= 4 is 44.0 Å². The molecule has 4 aromatic rings. The summed E-state index contributed by atoms with van der Waals surface area (Å²) in [6.45, 7) is 8.45. The molecule has 0 aliphatic carbocycles. The molecule has 0 spiro atoms. The second kappa shape index (κ2) is 12.5. The van der Waals surface area contributed by atoms with Crippen molar-refractivity contribution in [1.82, 2.24) is 9.47 Å². The zero-order valence-corrected chi connectivity index (χ0v) is 24.4. The first-order chi connectivity index (χ1) is 19.4. The lowest BCUT2D eigenvalue weighted by Crippen LogP contribution is -2.47.